The quantitative estimate of drug-likeness (QED) is 0.455. The Balaban J connectivity index is 3.04. The molecule has 1 aromatic heterocycles. The molecule has 0 spiro atoms. The molecule has 3 heteroatoms. The third-order valence-corrected chi connectivity index (χ3v) is 1.10. The van der Waals surface area contributed by atoms with Crippen molar-refractivity contribution >= 4 is 11.5 Å². The fourth-order valence-corrected chi connectivity index (χ4v) is 0.560. The molecule has 0 amide bonds. The number of nitrogens with zero attached hydrogens (tertiary/aromatic N) is 2. The Labute approximate surface area is 45.3 Å². The van der Waals surface area contributed by atoms with Crippen LogP contribution in [0, 0.1) is 12.3 Å². The summed E-state index contributed by atoms with van der Waals surface area (Å²) in [5, 5.41) is 3.52. The maximum atomic E-state index is 4.97. The van der Waals surface area contributed by atoms with Crippen LogP contribution in [-0.4, -0.2) is 9.59 Å². The van der Waals surface area contributed by atoms with E-state index in [4.69, 9.17) is 6.42 Å². The summed E-state index contributed by atoms with van der Waals surface area (Å²) in [4.78, 5) is 0.778. The smallest absolute Gasteiger partial charge is 0.118 e. The normalized spacial score (nSPS) is 7.86. The fourth-order valence-electron chi connectivity index (χ4n) is 0.231. The minimum absolute atomic E-state index is 0.778. The zero-order chi connectivity index (χ0) is 5.11. The van der Waals surface area contributed by atoms with E-state index in [0.717, 1.165) is 4.88 Å². The van der Waals surface area contributed by atoms with Crippen LogP contribution in [0.3, 0.4) is 0 Å². The summed E-state index contributed by atoms with van der Waals surface area (Å²) >= 11 is 1.23. The van der Waals surface area contributed by atoms with Crippen molar-refractivity contribution in [1.29, 1.82) is 0 Å². The van der Waals surface area contributed by atoms with Gasteiger partial charge in [0.25, 0.3) is 0 Å². The van der Waals surface area contributed by atoms with Gasteiger partial charge < -0.3 is 0 Å². The topological polar surface area (TPSA) is 25.8 Å². The second-order valence-corrected chi connectivity index (χ2v) is 1.71. The van der Waals surface area contributed by atoms with Crippen molar-refractivity contribution < 1.29 is 0 Å². The second kappa shape index (κ2) is 1.71. The van der Waals surface area contributed by atoms with Crippen molar-refractivity contribution in [3.63, 3.8) is 0 Å². The van der Waals surface area contributed by atoms with Crippen molar-refractivity contribution in [2.45, 2.75) is 0 Å². The lowest BCUT2D eigenvalue weighted by Gasteiger charge is -1.61. The molecular formula is C4H2N2S. The molecule has 0 unspecified atom stereocenters. The monoisotopic (exact) mass is 110 g/mol. The van der Waals surface area contributed by atoms with Crippen LogP contribution >= 0.6 is 11.5 Å². The van der Waals surface area contributed by atoms with Gasteiger partial charge in [0.15, 0.2) is 0 Å². The number of aromatic nitrogens is 2. The molecular weight excluding hydrogens is 108 g/mol. The molecule has 1 rings (SSSR count). The number of hydrogen-bond donors (Lipinski definition) is 0. The molecule has 34 valence electrons. The fraction of sp³-hybridized carbons (Fsp3) is 0. The molecule has 0 N–H and O–H groups in total. The lowest BCUT2D eigenvalue weighted by atomic mass is 10.6. The van der Waals surface area contributed by atoms with Gasteiger partial charge in [-0.05, 0) is 11.5 Å². The van der Waals surface area contributed by atoms with Crippen LogP contribution in [0.15, 0.2) is 6.20 Å². The van der Waals surface area contributed by atoms with Gasteiger partial charge in [-0.2, -0.15) is 0 Å². The van der Waals surface area contributed by atoms with Crippen LogP contribution < -0.4 is 0 Å². The molecule has 0 aliphatic carbocycles. The highest BCUT2D eigenvalue weighted by Crippen LogP contribution is 1.95. The zero-order valence-electron chi connectivity index (χ0n) is 3.46. The highest BCUT2D eigenvalue weighted by molar-refractivity contribution is 7.06. The number of hydrogen-bond acceptors (Lipinski definition) is 3. The molecule has 0 bridgehead atoms. The first-order chi connectivity index (χ1) is 3.43. The molecule has 0 fully saturated rings. The molecule has 0 saturated heterocycles. The van der Waals surface area contributed by atoms with Crippen LogP contribution in [0.5, 0.6) is 0 Å². The summed E-state index contributed by atoms with van der Waals surface area (Å²) < 4.78 is 3.54. The Hall–Kier alpha value is -0.880. The van der Waals surface area contributed by atoms with E-state index in [0.29, 0.717) is 0 Å². The Kier molecular flexibility index (Phi) is 1.05. The second-order valence-electron chi connectivity index (χ2n) is 0.926. The van der Waals surface area contributed by atoms with Crippen molar-refractivity contribution in [3.8, 4) is 12.3 Å². The maximum Gasteiger partial charge on any atom is 0.118 e. The van der Waals surface area contributed by atoms with Crippen molar-refractivity contribution in [2.75, 3.05) is 0 Å². The van der Waals surface area contributed by atoms with Gasteiger partial charge in [0, 0.05) is 0 Å². The molecule has 1 heterocycles. The van der Waals surface area contributed by atoms with Crippen LogP contribution in [0.25, 0.3) is 0 Å². The van der Waals surface area contributed by atoms with Crippen LogP contribution in [0.1, 0.15) is 4.88 Å². The van der Waals surface area contributed by atoms with E-state index < -0.39 is 0 Å². The van der Waals surface area contributed by atoms with Gasteiger partial charge in [-0.25, -0.2) is 0 Å². The van der Waals surface area contributed by atoms with Gasteiger partial charge in [-0.3, -0.25) is 0 Å². The average molecular weight is 110 g/mol. The molecule has 0 atom stereocenters. The van der Waals surface area contributed by atoms with E-state index in [-0.39, 0.29) is 0 Å². The lowest BCUT2D eigenvalue weighted by molar-refractivity contribution is 1.15. The molecule has 0 aliphatic heterocycles. The standard InChI is InChI=1S/C4H2N2S/c1-2-4-3-5-6-7-4/h1,3H. The van der Waals surface area contributed by atoms with E-state index in [1.54, 1.807) is 6.20 Å². The molecule has 0 aromatic carbocycles. The average Bonchev–Trinajstić information content (AvgIpc) is 2.14. The zero-order valence-corrected chi connectivity index (χ0v) is 4.27. The van der Waals surface area contributed by atoms with Crippen LogP contribution in [-0.2, 0) is 0 Å². The first kappa shape index (κ1) is 4.28. The van der Waals surface area contributed by atoms with E-state index >= 15 is 0 Å². The van der Waals surface area contributed by atoms with Gasteiger partial charge in [-0.1, -0.05) is 10.4 Å². The summed E-state index contributed by atoms with van der Waals surface area (Å²) in [6, 6.07) is 0. The molecule has 2 nitrogen and oxygen atoms in total. The molecule has 1 aromatic rings. The Morgan fingerprint density at radius 3 is 3.00 bits per heavy atom. The first-order valence-electron chi connectivity index (χ1n) is 1.67. The number of rotatable bonds is 0. The maximum absolute atomic E-state index is 4.97. The summed E-state index contributed by atoms with van der Waals surface area (Å²) in [5.74, 6) is 2.40. The summed E-state index contributed by atoms with van der Waals surface area (Å²) in [7, 11) is 0. The lowest BCUT2D eigenvalue weighted by Crippen LogP contribution is -1.55. The summed E-state index contributed by atoms with van der Waals surface area (Å²) in [6.07, 6.45) is 6.53. The largest absolute Gasteiger partial charge is 0.145 e. The van der Waals surface area contributed by atoms with E-state index in [1.165, 1.54) is 11.5 Å². The third kappa shape index (κ3) is 0.756. The van der Waals surface area contributed by atoms with Crippen molar-refractivity contribution in [1.82, 2.24) is 9.59 Å². The Bertz CT molecular complexity index is 172. The van der Waals surface area contributed by atoms with E-state index in [2.05, 4.69) is 15.5 Å². The molecule has 0 aliphatic rings. The summed E-state index contributed by atoms with van der Waals surface area (Å²) in [6.45, 7) is 0. The minimum Gasteiger partial charge on any atom is -0.145 e. The minimum atomic E-state index is 0.778. The van der Waals surface area contributed by atoms with E-state index in [1.807, 2.05) is 0 Å². The predicted molar refractivity (Wildman–Crippen MR) is 27.8 cm³/mol. The highest BCUT2D eigenvalue weighted by atomic mass is 32.1. The van der Waals surface area contributed by atoms with Crippen molar-refractivity contribution in [2.24, 2.45) is 0 Å². The van der Waals surface area contributed by atoms with Gasteiger partial charge in [0.1, 0.15) is 4.88 Å². The van der Waals surface area contributed by atoms with Gasteiger partial charge >= 0.3 is 0 Å². The van der Waals surface area contributed by atoms with E-state index in [9.17, 15) is 0 Å². The molecule has 0 saturated carbocycles. The predicted octanol–water partition coefficient (Wildman–Crippen LogP) is 0.519. The third-order valence-electron chi connectivity index (χ3n) is 0.504. The van der Waals surface area contributed by atoms with Gasteiger partial charge in [0.05, 0.1) is 6.20 Å². The van der Waals surface area contributed by atoms with Crippen LogP contribution in [0.2, 0.25) is 0 Å². The van der Waals surface area contributed by atoms with Gasteiger partial charge in [0.2, 0.25) is 0 Å². The highest BCUT2D eigenvalue weighted by Gasteiger charge is 1.83. The first-order valence-corrected chi connectivity index (χ1v) is 2.45. The van der Waals surface area contributed by atoms with Crippen LogP contribution in [0.4, 0.5) is 0 Å². The summed E-state index contributed by atoms with van der Waals surface area (Å²) in [5.41, 5.74) is 0. The molecule has 0 radical (unpaired) electrons. The number of terminal acetylenes is 1. The Morgan fingerprint density at radius 1 is 1.86 bits per heavy atom. The van der Waals surface area contributed by atoms with Crippen molar-refractivity contribution in [3.05, 3.63) is 11.1 Å². The Morgan fingerprint density at radius 2 is 2.71 bits per heavy atom. The van der Waals surface area contributed by atoms with Gasteiger partial charge in [-0.15, -0.1) is 11.5 Å². The molecule has 7 heavy (non-hydrogen) atoms. The SMILES string of the molecule is C#Cc1cnns1.